The minimum atomic E-state index is -0.426. The Kier molecular flexibility index (Phi) is 6.22. The van der Waals surface area contributed by atoms with Crippen LogP contribution in [-0.2, 0) is 4.79 Å². The summed E-state index contributed by atoms with van der Waals surface area (Å²) >= 11 is 12.0. The summed E-state index contributed by atoms with van der Waals surface area (Å²) in [4.78, 5) is 17.4. The molecule has 0 radical (unpaired) electrons. The second-order valence-corrected chi connectivity index (χ2v) is 9.41. The molecule has 2 atom stereocenters. The van der Waals surface area contributed by atoms with Gasteiger partial charge in [0.15, 0.2) is 6.61 Å². The summed E-state index contributed by atoms with van der Waals surface area (Å²) in [6, 6.07) is 13.5. The molecule has 0 aliphatic carbocycles. The van der Waals surface area contributed by atoms with Crippen LogP contribution in [-0.4, -0.2) is 38.0 Å². The molecule has 9 heteroatoms. The Bertz CT molecular complexity index is 1110. The van der Waals surface area contributed by atoms with Crippen molar-refractivity contribution in [2.24, 2.45) is 10.5 Å². The average molecular weight is 472 g/mol. The quantitative estimate of drug-likeness (QED) is 0.512. The Hall–Kier alpha value is -2.90. The van der Waals surface area contributed by atoms with Gasteiger partial charge in [0.05, 0.1) is 5.71 Å². The zero-order valence-corrected chi connectivity index (χ0v) is 19.5. The van der Waals surface area contributed by atoms with Crippen LogP contribution in [0.4, 0.5) is 0 Å². The molecule has 4 rings (SSSR count). The minimum Gasteiger partial charge on any atom is -0.484 e. The number of nitrogens with zero attached hydrogens (tertiary/aromatic N) is 5. The number of carbonyl (C=O) groups excluding carboxylic acids is 1. The van der Waals surface area contributed by atoms with E-state index in [9.17, 15) is 4.79 Å². The number of amides is 1. The van der Waals surface area contributed by atoms with Gasteiger partial charge in [0.2, 0.25) is 0 Å². The van der Waals surface area contributed by atoms with Gasteiger partial charge in [-0.2, -0.15) is 10.2 Å². The highest BCUT2D eigenvalue weighted by Gasteiger charge is 2.46. The largest absolute Gasteiger partial charge is 0.484 e. The number of halogens is 2. The summed E-state index contributed by atoms with van der Waals surface area (Å²) in [6.07, 6.45) is 3.13. The van der Waals surface area contributed by atoms with Crippen molar-refractivity contribution in [3.05, 3.63) is 76.8 Å². The van der Waals surface area contributed by atoms with E-state index in [1.165, 1.54) is 11.3 Å². The summed E-state index contributed by atoms with van der Waals surface area (Å²) in [5.74, 6) is 0.280. The lowest BCUT2D eigenvalue weighted by Gasteiger charge is -2.29. The molecule has 1 aliphatic rings. The summed E-state index contributed by atoms with van der Waals surface area (Å²) < 4.78 is 7.46. The molecular formula is C23H23Cl2N5O2. The molecule has 0 bridgehead atoms. The van der Waals surface area contributed by atoms with Crippen molar-refractivity contribution in [2.45, 2.75) is 32.9 Å². The second kappa shape index (κ2) is 8.92. The van der Waals surface area contributed by atoms with Gasteiger partial charge in [-0.15, -0.1) is 0 Å². The smallest absolute Gasteiger partial charge is 0.281 e. The Balaban J connectivity index is 1.70. The molecule has 32 heavy (non-hydrogen) atoms. The van der Waals surface area contributed by atoms with Crippen molar-refractivity contribution < 1.29 is 9.53 Å². The third-order valence-corrected chi connectivity index (χ3v) is 5.70. The lowest BCUT2D eigenvalue weighted by molar-refractivity contribution is -0.135. The van der Waals surface area contributed by atoms with Crippen molar-refractivity contribution in [1.82, 2.24) is 19.8 Å². The highest BCUT2D eigenvalue weighted by Crippen LogP contribution is 2.43. The average Bonchev–Trinajstić information content (AvgIpc) is 3.41. The van der Waals surface area contributed by atoms with Gasteiger partial charge in [0, 0.05) is 15.5 Å². The van der Waals surface area contributed by atoms with Gasteiger partial charge in [-0.1, -0.05) is 56.1 Å². The first-order valence-corrected chi connectivity index (χ1v) is 10.9. The Morgan fingerprint density at radius 2 is 1.62 bits per heavy atom. The monoisotopic (exact) mass is 471 g/mol. The van der Waals surface area contributed by atoms with Crippen LogP contribution in [0.1, 0.15) is 38.4 Å². The Morgan fingerprint density at radius 3 is 2.19 bits per heavy atom. The topological polar surface area (TPSA) is 72.6 Å². The van der Waals surface area contributed by atoms with Gasteiger partial charge < -0.3 is 4.74 Å². The first-order chi connectivity index (χ1) is 15.2. The maximum absolute atomic E-state index is 13.3. The molecule has 166 valence electrons. The predicted octanol–water partition coefficient (Wildman–Crippen LogP) is 5.19. The van der Waals surface area contributed by atoms with Crippen molar-refractivity contribution in [3.63, 3.8) is 0 Å². The summed E-state index contributed by atoms with van der Waals surface area (Å²) in [6.45, 7) is 6.02. The predicted molar refractivity (Wildman–Crippen MR) is 124 cm³/mol. The number of carbonyl (C=O) groups is 1. The molecule has 0 spiro atoms. The van der Waals surface area contributed by atoms with Gasteiger partial charge >= 0.3 is 0 Å². The van der Waals surface area contributed by atoms with E-state index < -0.39 is 6.04 Å². The van der Waals surface area contributed by atoms with E-state index in [1.807, 2.05) is 12.1 Å². The normalized spacial score (nSPS) is 18.5. The molecule has 3 aromatic rings. The molecule has 2 unspecified atom stereocenters. The number of ether oxygens (including phenoxy) is 1. The zero-order chi connectivity index (χ0) is 22.9. The van der Waals surface area contributed by atoms with E-state index in [4.69, 9.17) is 33.0 Å². The molecule has 0 N–H and O–H groups in total. The zero-order valence-electron chi connectivity index (χ0n) is 17.9. The van der Waals surface area contributed by atoms with Crippen molar-refractivity contribution >= 4 is 34.8 Å². The molecule has 0 fully saturated rings. The number of hydrazone groups is 1. The fourth-order valence-corrected chi connectivity index (χ4v) is 3.93. The molecule has 7 nitrogen and oxygen atoms in total. The van der Waals surface area contributed by atoms with Gasteiger partial charge in [0.25, 0.3) is 5.91 Å². The van der Waals surface area contributed by atoms with Crippen LogP contribution in [0.25, 0.3) is 0 Å². The van der Waals surface area contributed by atoms with E-state index in [1.54, 1.807) is 47.4 Å². The summed E-state index contributed by atoms with van der Waals surface area (Å²) in [7, 11) is 0. The second-order valence-electron chi connectivity index (χ2n) is 8.53. The van der Waals surface area contributed by atoms with Crippen LogP contribution in [0, 0.1) is 5.41 Å². The standard InChI is InChI=1S/C23H23Cl2N5O2/c1-23(2,3)22-21(29-14-26-13-27-29)20(15-4-6-16(24)7-5-15)30(28-22)19(31)12-32-18-10-8-17(25)9-11-18/h4-11,13-14,20-21H,12H2,1-3H3. The number of aromatic nitrogens is 3. The van der Waals surface area contributed by atoms with E-state index in [0.717, 1.165) is 11.3 Å². The number of rotatable bonds is 5. The third kappa shape index (κ3) is 4.64. The van der Waals surface area contributed by atoms with Crippen molar-refractivity contribution in [1.29, 1.82) is 0 Å². The minimum absolute atomic E-state index is 0.170. The van der Waals surface area contributed by atoms with Crippen LogP contribution in [0.15, 0.2) is 66.3 Å². The molecular weight excluding hydrogens is 449 g/mol. The van der Waals surface area contributed by atoms with E-state index >= 15 is 0 Å². The van der Waals surface area contributed by atoms with Gasteiger partial charge in [-0.05, 0) is 42.0 Å². The van der Waals surface area contributed by atoms with Crippen LogP contribution >= 0.6 is 23.2 Å². The molecule has 1 aromatic heterocycles. The SMILES string of the molecule is CC(C)(C)C1=NN(C(=O)COc2ccc(Cl)cc2)C(c2ccc(Cl)cc2)C1n1cncn1. The molecule has 0 saturated heterocycles. The van der Waals surface area contributed by atoms with Gasteiger partial charge in [0.1, 0.15) is 30.5 Å². The summed E-state index contributed by atoms with van der Waals surface area (Å²) in [5.41, 5.74) is 1.40. The van der Waals surface area contributed by atoms with E-state index in [-0.39, 0.29) is 24.0 Å². The molecule has 2 heterocycles. The maximum Gasteiger partial charge on any atom is 0.281 e. The Labute approximate surface area is 196 Å². The first kappa shape index (κ1) is 22.3. The molecule has 1 aliphatic heterocycles. The molecule has 2 aromatic carbocycles. The fraction of sp³-hybridized carbons (Fsp3) is 0.304. The molecule has 1 amide bonds. The number of benzene rings is 2. The highest BCUT2D eigenvalue weighted by atomic mass is 35.5. The first-order valence-electron chi connectivity index (χ1n) is 10.1. The lowest BCUT2D eigenvalue weighted by Crippen LogP contribution is -2.36. The van der Waals surface area contributed by atoms with Crippen LogP contribution in [0.5, 0.6) is 5.75 Å². The summed E-state index contributed by atoms with van der Waals surface area (Å²) in [5, 5.41) is 11.9. The highest BCUT2D eigenvalue weighted by molar-refractivity contribution is 6.30. The van der Waals surface area contributed by atoms with Crippen molar-refractivity contribution in [3.8, 4) is 5.75 Å². The van der Waals surface area contributed by atoms with E-state index in [2.05, 4.69) is 30.9 Å². The van der Waals surface area contributed by atoms with Crippen LogP contribution < -0.4 is 4.74 Å². The number of hydrogen-bond acceptors (Lipinski definition) is 5. The number of hydrogen-bond donors (Lipinski definition) is 0. The Morgan fingerprint density at radius 1 is 1.00 bits per heavy atom. The van der Waals surface area contributed by atoms with Crippen LogP contribution in [0.3, 0.4) is 0 Å². The fourth-order valence-electron chi connectivity index (χ4n) is 3.68. The maximum atomic E-state index is 13.3. The lowest BCUT2D eigenvalue weighted by atomic mass is 9.82. The van der Waals surface area contributed by atoms with E-state index in [0.29, 0.717) is 15.8 Å². The van der Waals surface area contributed by atoms with Gasteiger partial charge in [-0.25, -0.2) is 14.7 Å². The van der Waals surface area contributed by atoms with Crippen molar-refractivity contribution in [2.75, 3.05) is 6.61 Å². The van der Waals surface area contributed by atoms with Crippen LogP contribution in [0.2, 0.25) is 10.0 Å². The van der Waals surface area contributed by atoms with Gasteiger partial charge in [-0.3, -0.25) is 4.79 Å². The third-order valence-electron chi connectivity index (χ3n) is 5.19. The molecule has 0 saturated carbocycles.